The normalized spacial score (nSPS) is 16.1. The molecule has 0 aromatic carbocycles. The van der Waals surface area contributed by atoms with E-state index in [2.05, 4.69) is 15.9 Å². The summed E-state index contributed by atoms with van der Waals surface area (Å²) in [6, 6.07) is 1.70. The van der Waals surface area contributed by atoms with E-state index in [9.17, 15) is 4.79 Å². The molecule has 1 aliphatic rings. The van der Waals surface area contributed by atoms with Crippen molar-refractivity contribution < 1.29 is 9.21 Å². The van der Waals surface area contributed by atoms with Gasteiger partial charge in [-0.1, -0.05) is 6.42 Å². The minimum Gasteiger partial charge on any atom is -0.457 e. The van der Waals surface area contributed by atoms with Crippen LogP contribution in [0.4, 0.5) is 0 Å². The fraction of sp³-hybridized carbons (Fsp3) is 0.545. The van der Waals surface area contributed by atoms with E-state index in [1.165, 1.54) is 25.5 Å². The zero-order chi connectivity index (χ0) is 10.8. The number of nitrogens with zero attached hydrogens (tertiary/aromatic N) is 1. The Morgan fingerprint density at radius 2 is 2.40 bits per heavy atom. The van der Waals surface area contributed by atoms with E-state index >= 15 is 0 Å². The highest BCUT2D eigenvalue weighted by atomic mass is 79.9. The zero-order valence-electron chi connectivity index (χ0n) is 8.70. The zero-order valence-corrected chi connectivity index (χ0v) is 10.3. The average Bonchev–Trinajstić information content (AvgIpc) is 2.56. The van der Waals surface area contributed by atoms with Crippen LogP contribution in [0, 0.1) is 5.92 Å². The largest absolute Gasteiger partial charge is 0.457 e. The van der Waals surface area contributed by atoms with Gasteiger partial charge in [-0.2, -0.15) is 0 Å². The molecule has 15 heavy (non-hydrogen) atoms. The Hall–Kier alpha value is -0.770. The first-order valence-electron chi connectivity index (χ1n) is 5.17. The molecular weight excluding hydrogens is 258 g/mol. The fourth-order valence-electron chi connectivity index (χ4n) is 1.80. The fourth-order valence-corrected chi connectivity index (χ4v) is 2.21. The number of amides is 1. The Kier molecular flexibility index (Phi) is 3.14. The predicted octanol–water partition coefficient (Wildman–Crippen LogP) is 2.91. The maximum absolute atomic E-state index is 11.9. The van der Waals surface area contributed by atoms with E-state index in [1.54, 1.807) is 11.0 Å². The van der Waals surface area contributed by atoms with Crippen LogP contribution in [0.25, 0.3) is 0 Å². The number of halogens is 1. The molecule has 1 fully saturated rings. The van der Waals surface area contributed by atoms with Crippen LogP contribution in [-0.4, -0.2) is 24.4 Å². The highest BCUT2D eigenvalue weighted by Crippen LogP contribution is 2.27. The summed E-state index contributed by atoms with van der Waals surface area (Å²) < 4.78 is 5.57. The summed E-state index contributed by atoms with van der Waals surface area (Å²) >= 11 is 3.22. The molecule has 0 saturated heterocycles. The van der Waals surface area contributed by atoms with Crippen LogP contribution in [0.1, 0.15) is 29.6 Å². The Morgan fingerprint density at radius 1 is 1.67 bits per heavy atom. The van der Waals surface area contributed by atoms with Gasteiger partial charge in [-0.15, -0.1) is 0 Å². The minimum absolute atomic E-state index is 0.0301. The summed E-state index contributed by atoms with van der Waals surface area (Å²) in [6.07, 6.45) is 5.34. The lowest BCUT2D eigenvalue weighted by Gasteiger charge is -2.29. The minimum atomic E-state index is 0.0301. The molecular formula is C11H14BrNO2. The van der Waals surface area contributed by atoms with Gasteiger partial charge < -0.3 is 9.32 Å². The molecule has 3 nitrogen and oxygen atoms in total. The lowest BCUT2D eigenvalue weighted by Crippen LogP contribution is -2.34. The van der Waals surface area contributed by atoms with Crippen molar-refractivity contribution in [1.82, 2.24) is 4.90 Å². The molecule has 0 atom stereocenters. The molecule has 82 valence electrons. The quantitative estimate of drug-likeness (QED) is 0.847. The van der Waals surface area contributed by atoms with Crippen molar-refractivity contribution in [2.45, 2.75) is 19.3 Å². The van der Waals surface area contributed by atoms with Crippen LogP contribution < -0.4 is 0 Å². The molecule has 0 unspecified atom stereocenters. The van der Waals surface area contributed by atoms with Gasteiger partial charge in [0.1, 0.15) is 0 Å². The molecule has 0 aliphatic heterocycles. The summed E-state index contributed by atoms with van der Waals surface area (Å²) in [6.45, 7) is 0.858. The topological polar surface area (TPSA) is 33.5 Å². The van der Waals surface area contributed by atoms with Crippen molar-refractivity contribution in [2.24, 2.45) is 5.92 Å². The van der Waals surface area contributed by atoms with Crippen LogP contribution in [0.2, 0.25) is 0 Å². The maximum Gasteiger partial charge on any atom is 0.258 e. The van der Waals surface area contributed by atoms with Gasteiger partial charge in [0.2, 0.25) is 0 Å². The summed E-state index contributed by atoms with van der Waals surface area (Å²) in [4.78, 5) is 13.7. The van der Waals surface area contributed by atoms with E-state index < -0.39 is 0 Å². The molecule has 2 rings (SSSR count). The van der Waals surface area contributed by atoms with Crippen LogP contribution in [0.15, 0.2) is 21.4 Å². The van der Waals surface area contributed by atoms with Crippen LogP contribution in [-0.2, 0) is 0 Å². The van der Waals surface area contributed by atoms with Crippen molar-refractivity contribution >= 4 is 21.8 Å². The standard InChI is InChI=1S/C11H14BrNO2/c1-13(7-8-3-2-4-8)11(14)9-5-6-15-10(9)12/h5-6,8H,2-4,7H2,1H3. The second-order valence-corrected chi connectivity index (χ2v) is 4.81. The number of rotatable bonds is 3. The molecule has 4 heteroatoms. The first-order chi connectivity index (χ1) is 7.18. The molecule has 1 amide bonds. The van der Waals surface area contributed by atoms with Crippen molar-refractivity contribution in [3.05, 3.63) is 22.6 Å². The smallest absolute Gasteiger partial charge is 0.258 e. The number of carbonyl (C=O) groups excluding carboxylic acids is 1. The van der Waals surface area contributed by atoms with Crippen LogP contribution >= 0.6 is 15.9 Å². The molecule has 0 spiro atoms. The van der Waals surface area contributed by atoms with E-state index in [-0.39, 0.29) is 5.91 Å². The molecule has 0 N–H and O–H groups in total. The lowest BCUT2D eigenvalue weighted by molar-refractivity contribution is 0.0743. The summed E-state index contributed by atoms with van der Waals surface area (Å²) in [5.74, 6) is 0.729. The Bertz CT molecular complexity index is 357. The molecule has 1 aromatic rings. The Balaban J connectivity index is 1.97. The average molecular weight is 272 g/mol. The maximum atomic E-state index is 11.9. The molecule has 1 heterocycles. The van der Waals surface area contributed by atoms with Gasteiger partial charge in [0.25, 0.3) is 5.91 Å². The van der Waals surface area contributed by atoms with Gasteiger partial charge in [-0.25, -0.2) is 0 Å². The van der Waals surface area contributed by atoms with Gasteiger partial charge in [0.05, 0.1) is 11.8 Å². The highest BCUT2D eigenvalue weighted by Gasteiger charge is 2.23. The van der Waals surface area contributed by atoms with Gasteiger partial charge in [0.15, 0.2) is 4.67 Å². The van der Waals surface area contributed by atoms with Gasteiger partial charge in [-0.05, 0) is 40.8 Å². The molecule has 1 aromatic heterocycles. The summed E-state index contributed by atoms with van der Waals surface area (Å²) in [5.41, 5.74) is 0.608. The van der Waals surface area contributed by atoms with E-state index in [0.717, 1.165) is 6.54 Å². The number of hydrogen-bond donors (Lipinski definition) is 0. The number of carbonyl (C=O) groups is 1. The molecule has 1 saturated carbocycles. The monoisotopic (exact) mass is 271 g/mol. The number of hydrogen-bond acceptors (Lipinski definition) is 2. The highest BCUT2D eigenvalue weighted by molar-refractivity contribution is 9.10. The second-order valence-electron chi connectivity index (χ2n) is 4.09. The predicted molar refractivity (Wildman–Crippen MR) is 60.7 cm³/mol. The first-order valence-corrected chi connectivity index (χ1v) is 5.96. The van der Waals surface area contributed by atoms with Crippen molar-refractivity contribution in [3.63, 3.8) is 0 Å². The molecule has 0 radical (unpaired) electrons. The van der Waals surface area contributed by atoms with E-state index in [1.807, 2.05) is 7.05 Å². The molecule has 0 bridgehead atoms. The van der Waals surface area contributed by atoms with Crippen LogP contribution in [0.3, 0.4) is 0 Å². The third kappa shape index (κ3) is 2.25. The Labute approximate surface area is 97.6 Å². The van der Waals surface area contributed by atoms with E-state index in [4.69, 9.17) is 4.42 Å². The summed E-state index contributed by atoms with van der Waals surface area (Å²) in [5, 5.41) is 0. The van der Waals surface area contributed by atoms with Crippen molar-refractivity contribution in [3.8, 4) is 0 Å². The Morgan fingerprint density at radius 3 is 2.87 bits per heavy atom. The lowest BCUT2D eigenvalue weighted by atomic mass is 9.85. The number of furan rings is 1. The van der Waals surface area contributed by atoms with Gasteiger partial charge in [-0.3, -0.25) is 4.79 Å². The van der Waals surface area contributed by atoms with Crippen molar-refractivity contribution in [1.29, 1.82) is 0 Å². The third-order valence-corrected chi connectivity index (χ3v) is 3.57. The third-order valence-electron chi connectivity index (χ3n) is 2.95. The second kappa shape index (κ2) is 4.39. The van der Waals surface area contributed by atoms with Crippen LogP contribution in [0.5, 0.6) is 0 Å². The van der Waals surface area contributed by atoms with Gasteiger partial charge >= 0.3 is 0 Å². The van der Waals surface area contributed by atoms with Crippen molar-refractivity contribution in [2.75, 3.05) is 13.6 Å². The SMILES string of the molecule is CN(CC1CCC1)C(=O)c1ccoc1Br. The van der Waals surface area contributed by atoms with Gasteiger partial charge in [0, 0.05) is 13.6 Å². The summed E-state index contributed by atoms with van der Waals surface area (Å²) in [7, 11) is 1.85. The first kappa shape index (κ1) is 10.7. The molecule has 1 aliphatic carbocycles. The van der Waals surface area contributed by atoms with E-state index in [0.29, 0.717) is 16.2 Å².